The molecule has 8 heteroatoms. The number of benzene rings is 2. The lowest BCUT2D eigenvalue weighted by atomic mass is 10.2. The van der Waals surface area contributed by atoms with Crippen molar-refractivity contribution in [3.05, 3.63) is 70.9 Å². The maximum Gasteiger partial charge on any atom is 0.269 e. The van der Waals surface area contributed by atoms with Crippen LogP contribution in [-0.2, 0) is 4.79 Å². The van der Waals surface area contributed by atoms with Crippen molar-refractivity contribution >= 4 is 39.9 Å². The van der Waals surface area contributed by atoms with Crippen LogP contribution in [0.15, 0.2) is 65.7 Å². The quantitative estimate of drug-likeness (QED) is 0.365. The SMILES string of the molecule is O=C(CSc1ccnc2ccccc12)N1CCN(c2ccc([N+](=O)[O-])cc2)CC1. The van der Waals surface area contributed by atoms with Gasteiger partial charge in [-0.25, -0.2) is 0 Å². The molecule has 0 atom stereocenters. The first-order valence-corrected chi connectivity index (χ1v) is 10.3. The molecule has 7 nitrogen and oxygen atoms in total. The molecule has 29 heavy (non-hydrogen) atoms. The number of nitro groups is 1. The molecule has 2 heterocycles. The Bertz CT molecular complexity index is 1030. The van der Waals surface area contributed by atoms with Crippen LogP contribution in [0.3, 0.4) is 0 Å². The standard InChI is InChI=1S/C21H20N4O3S/c26-21(15-29-20-9-10-22-19-4-2-1-3-18(19)20)24-13-11-23(12-14-24)16-5-7-17(8-6-16)25(27)28/h1-10H,11-15H2. The van der Waals surface area contributed by atoms with Crippen LogP contribution in [0.1, 0.15) is 0 Å². The highest BCUT2D eigenvalue weighted by molar-refractivity contribution is 8.00. The number of piperazine rings is 1. The largest absolute Gasteiger partial charge is 0.368 e. The van der Waals surface area contributed by atoms with Gasteiger partial charge in [-0.2, -0.15) is 0 Å². The van der Waals surface area contributed by atoms with Crippen LogP contribution < -0.4 is 4.90 Å². The molecule has 3 aromatic rings. The minimum absolute atomic E-state index is 0.0863. The van der Waals surface area contributed by atoms with E-state index < -0.39 is 4.92 Å². The van der Waals surface area contributed by atoms with Crippen LogP contribution in [-0.4, -0.2) is 52.6 Å². The first-order chi connectivity index (χ1) is 14.1. The van der Waals surface area contributed by atoms with Crippen LogP contribution in [0.2, 0.25) is 0 Å². The number of non-ortho nitro benzene ring substituents is 1. The smallest absolute Gasteiger partial charge is 0.269 e. The number of fused-ring (bicyclic) bond motifs is 1. The Hall–Kier alpha value is -3.13. The first-order valence-electron chi connectivity index (χ1n) is 9.35. The zero-order chi connectivity index (χ0) is 20.2. The Labute approximate surface area is 172 Å². The Morgan fingerprint density at radius 2 is 1.76 bits per heavy atom. The average Bonchev–Trinajstić information content (AvgIpc) is 2.77. The number of carbonyl (C=O) groups excluding carboxylic acids is 1. The van der Waals surface area contributed by atoms with Gasteiger partial charge < -0.3 is 9.80 Å². The van der Waals surface area contributed by atoms with Crippen molar-refractivity contribution < 1.29 is 9.72 Å². The van der Waals surface area contributed by atoms with Crippen LogP contribution in [0.5, 0.6) is 0 Å². The highest BCUT2D eigenvalue weighted by Crippen LogP contribution is 2.27. The monoisotopic (exact) mass is 408 g/mol. The molecule has 1 fully saturated rings. The Morgan fingerprint density at radius 3 is 2.48 bits per heavy atom. The summed E-state index contributed by atoms with van der Waals surface area (Å²) >= 11 is 1.54. The number of nitro benzene ring substituents is 1. The van der Waals surface area contributed by atoms with E-state index >= 15 is 0 Å². The molecule has 4 rings (SSSR count). The summed E-state index contributed by atoms with van der Waals surface area (Å²) in [4.78, 5) is 32.5. The second kappa shape index (κ2) is 8.48. The zero-order valence-corrected chi connectivity index (χ0v) is 16.5. The van der Waals surface area contributed by atoms with Gasteiger partial charge in [0.15, 0.2) is 0 Å². The van der Waals surface area contributed by atoms with E-state index in [1.165, 1.54) is 12.1 Å². The topological polar surface area (TPSA) is 79.6 Å². The molecule has 0 unspecified atom stereocenters. The lowest BCUT2D eigenvalue weighted by molar-refractivity contribution is -0.384. The van der Waals surface area contributed by atoms with Gasteiger partial charge in [-0.15, -0.1) is 11.8 Å². The van der Waals surface area contributed by atoms with Gasteiger partial charge in [-0.1, -0.05) is 18.2 Å². The predicted octanol–water partition coefficient (Wildman–Crippen LogP) is 3.58. The number of hydrogen-bond donors (Lipinski definition) is 0. The van der Waals surface area contributed by atoms with Crippen molar-refractivity contribution in [2.45, 2.75) is 4.90 Å². The minimum atomic E-state index is -0.399. The normalized spacial score (nSPS) is 14.2. The van der Waals surface area contributed by atoms with Crippen molar-refractivity contribution in [3.63, 3.8) is 0 Å². The molecule has 0 aliphatic carbocycles. The second-order valence-corrected chi connectivity index (χ2v) is 7.77. The zero-order valence-electron chi connectivity index (χ0n) is 15.7. The summed E-state index contributed by atoms with van der Waals surface area (Å²) in [6.45, 7) is 2.72. The number of rotatable bonds is 5. The molecule has 1 aliphatic heterocycles. The average molecular weight is 408 g/mol. The molecule has 1 amide bonds. The lowest BCUT2D eigenvalue weighted by Gasteiger charge is -2.36. The number of thioether (sulfide) groups is 1. The molecule has 1 saturated heterocycles. The molecule has 2 aromatic carbocycles. The highest BCUT2D eigenvalue weighted by Gasteiger charge is 2.22. The summed E-state index contributed by atoms with van der Waals surface area (Å²) in [5, 5.41) is 11.9. The van der Waals surface area contributed by atoms with E-state index in [4.69, 9.17) is 0 Å². The fourth-order valence-electron chi connectivity index (χ4n) is 3.43. The van der Waals surface area contributed by atoms with E-state index in [1.54, 1.807) is 30.1 Å². The Kier molecular flexibility index (Phi) is 5.62. The van der Waals surface area contributed by atoms with E-state index in [2.05, 4.69) is 9.88 Å². The van der Waals surface area contributed by atoms with Crippen molar-refractivity contribution in [2.75, 3.05) is 36.8 Å². The number of amides is 1. The van der Waals surface area contributed by atoms with E-state index in [1.807, 2.05) is 35.2 Å². The maximum atomic E-state index is 12.7. The number of nitrogens with zero attached hydrogens (tertiary/aromatic N) is 4. The first kappa shape index (κ1) is 19.2. The number of carbonyl (C=O) groups is 1. The fraction of sp³-hybridized carbons (Fsp3) is 0.238. The number of anilines is 1. The molecule has 0 N–H and O–H groups in total. The molecular formula is C21H20N4O3S. The van der Waals surface area contributed by atoms with Crippen molar-refractivity contribution in [3.8, 4) is 0 Å². The third kappa shape index (κ3) is 4.32. The maximum absolute atomic E-state index is 12.7. The fourth-order valence-corrected chi connectivity index (χ4v) is 4.37. The number of hydrogen-bond acceptors (Lipinski definition) is 6. The number of pyridine rings is 1. The van der Waals surface area contributed by atoms with Crippen LogP contribution >= 0.6 is 11.8 Å². The molecule has 0 saturated carbocycles. The summed E-state index contributed by atoms with van der Waals surface area (Å²) in [6.07, 6.45) is 1.78. The second-order valence-electron chi connectivity index (χ2n) is 6.76. The van der Waals surface area contributed by atoms with Gasteiger partial charge in [0.05, 0.1) is 16.2 Å². The molecule has 1 aromatic heterocycles. The molecule has 0 spiro atoms. The van der Waals surface area contributed by atoms with Gasteiger partial charge in [0.1, 0.15) is 0 Å². The molecular weight excluding hydrogens is 388 g/mol. The summed E-state index contributed by atoms with van der Waals surface area (Å²) in [5.41, 5.74) is 1.96. The van der Waals surface area contributed by atoms with Gasteiger partial charge >= 0.3 is 0 Å². The highest BCUT2D eigenvalue weighted by atomic mass is 32.2. The minimum Gasteiger partial charge on any atom is -0.368 e. The Morgan fingerprint density at radius 1 is 1.03 bits per heavy atom. The van der Waals surface area contributed by atoms with Crippen molar-refractivity contribution in [2.24, 2.45) is 0 Å². The van der Waals surface area contributed by atoms with E-state index in [0.29, 0.717) is 31.9 Å². The number of aromatic nitrogens is 1. The van der Waals surface area contributed by atoms with E-state index in [-0.39, 0.29) is 11.6 Å². The van der Waals surface area contributed by atoms with E-state index in [9.17, 15) is 14.9 Å². The predicted molar refractivity (Wildman–Crippen MR) is 114 cm³/mol. The van der Waals surface area contributed by atoms with Crippen LogP contribution in [0.4, 0.5) is 11.4 Å². The van der Waals surface area contributed by atoms with Crippen molar-refractivity contribution in [1.82, 2.24) is 9.88 Å². The van der Waals surface area contributed by atoms with Crippen LogP contribution in [0, 0.1) is 10.1 Å². The molecule has 0 radical (unpaired) electrons. The van der Waals surface area contributed by atoms with Gasteiger partial charge in [-0.3, -0.25) is 19.9 Å². The van der Waals surface area contributed by atoms with Crippen molar-refractivity contribution in [1.29, 1.82) is 0 Å². The third-order valence-electron chi connectivity index (χ3n) is 5.02. The molecule has 148 valence electrons. The van der Waals surface area contributed by atoms with E-state index in [0.717, 1.165) is 21.5 Å². The molecule has 0 bridgehead atoms. The molecule has 1 aliphatic rings. The summed E-state index contributed by atoms with van der Waals surface area (Å²) in [7, 11) is 0. The Balaban J connectivity index is 1.32. The van der Waals surface area contributed by atoms with Gasteiger partial charge in [0.2, 0.25) is 5.91 Å². The van der Waals surface area contributed by atoms with Gasteiger partial charge in [-0.05, 0) is 24.3 Å². The number of para-hydroxylation sites is 1. The van der Waals surface area contributed by atoms with Crippen LogP contribution in [0.25, 0.3) is 10.9 Å². The summed E-state index contributed by atoms with van der Waals surface area (Å²) in [5.74, 6) is 0.519. The lowest BCUT2D eigenvalue weighted by Crippen LogP contribution is -2.49. The summed E-state index contributed by atoms with van der Waals surface area (Å²) in [6, 6.07) is 16.4. The van der Waals surface area contributed by atoms with Gasteiger partial charge in [0.25, 0.3) is 5.69 Å². The van der Waals surface area contributed by atoms with Gasteiger partial charge in [0, 0.05) is 60.5 Å². The summed E-state index contributed by atoms with van der Waals surface area (Å²) < 4.78 is 0. The third-order valence-corrected chi connectivity index (χ3v) is 6.08.